The van der Waals surface area contributed by atoms with E-state index in [1.165, 1.54) is 31.4 Å². The first-order valence-corrected chi connectivity index (χ1v) is 12.2. The molecule has 10 heteroatoms. The third-order valence-electron chi connectivity index (χ3n) is 5.66. The second-order valence-electron chi connectivity index (χ2n) is 8.24. The van der Waals surface area contributed by atoms with Crippen LogP contribution in [0.1, 0.15) is 22.3 Å². The largest absolute Gasteiger partial charge is 0.495 e. The lowest BCUT2D eigenvalue weighted by atomic mass is 10.1. The van der Waals surface area contributed by atoms with Gasteiger partial charge in [0.05, 0.1) is 23.4 Å². The first kappa shape index (κ1) is 25.7. The zero-order chi connectivity index (χ0) is 25.9. The summed E-state index contributed by atoms with van der Waals surface area (Å²) in [6.45, 7) is 6.65. The Morgan fingerprint density at radius 3 is 2.29 bits per heavy atom. The molecule has 0 fully saturated rings. The van der Waals surface area contributed by atoms with Gasteiger partial charge in [-0.05, 0) is 74.2 Å². The fourth-order valence-corrected chi connectivity index (χ4v) is 5.13. The third-order valence-corrected chi connectivity index (χ3v) is 7.45. The molecule has 0 aliphatic carbocycles. The first-order valence-electron chi connectivity index (χ1n) is 10.7. The van der Waals surface area contributed by atoms with Crippen LogP contribution in [0.4, 0.5) is 17.1 Å². The maximum absolute atomic E-state index is 13.8. The molecule has 0 heterocycles. The first-order chi connectivity index (χ1) is 16.4. The molecule has 0 radical (unpaired) electrons. The molecule has 0 atom stereocenters. The lowest BCUT2D eigenvalue weighted by Crippen LogP contribution is -2.38. The summed E-state index contributed by atoms with van der Waals surface area (Å²) in [6, 6.07) is 14.0. The van der Waals surface area contributed by atoms with Crippen molar-refractivity contribution in [1.29, 1.82) is 0 Å². The van der Waals surface area contributed by atoms with Crippen molar-refractivity contribution in [3.63, 3.8) is 0 Å². The van der Waals surface area contributed by atoms with Crippen LogP contribution in [0.25, 0.3) is 0 Å². The molecule has 0 bridgehead atoms. The van der Waals surface area contributed by atoms with Crippen molar-refractivity contribution in [2.24, 2.45) is 0 Å². The number of carbonyl (C=O) groups is 1. The van der Waals surface area contributed by atoms with E-state index in [1.54, 1.807) is 44.2 Å². The predicted molar refractivity (Wildman–Crippen MR) is 135 cm³/mol. The molecule has 1 N–H and O–H groups in total. The Morgan fingerprint density at radius 1 is 0.971 bits per heavy atom. The van der Waals surface area contributed by atoms with Gasteiger partial charge in [-0.3, -0.25) is 19.2 Å². The van der Waals surface area contributed by atoms with Crippen LogP contribution in [0, 0.1) is 37.8 Å². The van der Waals surface area contributed by atoms with Gasteiger partial charge in [-0.2, -0.15) is 0 Å². The number of non-ortho nitro benzene ring substituents is 1. The Morgan fingerprint density at radius 2 is 1.66 bits per heavy atom. The molecule has 3 aromatic rings. The number of nitrogens with one attached hydrogen (secondary N) is 1. The summed E-state index contributed by atoms with van der Waals surface area (Å²) in [5, 5.41) is 13.8. The highest BCUT2D eigenvalue weighted by Gasteiger charge is 2.30. The van der Waals surface area contributed by atoms with Gasteiger partial charge in [0.15, 0.2) is 0 Å². The number of amides is 1. The standard InChI is InChI=1S/C25H27N3O6S/c1-16-6-11-23(34-5)24(12-16)35(32,33)27(20-9-7-17(2)19(4)13-20)15-25(29)26-22-14-21(28(30)31)10-8-18(22)3/h6-14H,15H2,1-5H3,(H,26,29). The number of anilines is 2. The molecule has 0 aromatic heterocycles. The maximum Gasteiger partial charge on any atom is 0.271 e. The number of methoxy groups -OCH3 is 1. The average molecular weight is 498 g/mol. The molecule has 9 nitrogen and oxygen atoms in total. The number of carbonyl (C=O) groups excluding carboxylic acids is 1. The zero-order valence-corrected chi connectivity index (χ0v) is 21.0. The van der Waals surface area contributed by atoms with Crippen molar-refractivity contribution in [2.45, 2.75) is 32.6 Å². The summed E-state index contributed by atoms with van der Waals surface area (Å²) >= 11 is 0. The highest BCUT2D eigenvalue weighted by atomic mass is 32.2. The quantitative estimate of drug-likeness (QED) is 0.357. The van der Waals surface area contributed by atoms with E-state index in [4.69, 9.17) is 4.74 Å². The number of nitro groups is 1. The van der Waals surface area contributed by atoms with E-state index in [9.17, 15) is 23.3 Å². The van der Waals surface area contributed by atoms with E-state index < -0.39 is 27.4 Å². The van der Waals surface area contributed by atoms with Gasteiger partial charge in [0.25, 0.3) is 15.7 Å². The molecule has 1 amide bonds. The lowest BCUT2D eigenvalue weighted by Gasteiger charge is -2.26. The van der Waals surface area contributed by atoms with Crippen molar-refractivity contribution in [2.75, 3.05) is 23.3 Å². The molecular weight excluding hydrogens is 470 g/mol. The Bertz CT molecular complexity index is 1400. The van der Waals surface area contributed by atoms with Gasteiger partial charge in [-0.25, -0.2) is 8.42 Å². The lowest BCUT2D eigenvalue weighted by molar-refractivity contribution is -0.384. The van der Waals surface area contributed by atoms with Crippen molar-refractivity contribution in [3.8, 4) is 5.75 Å². The summed E-state index contributed by atoms with van der Waals surface area (Å²) in [5.74, 6) is -0.499. The van der Waals surface area contributed by atoms with Gasteiger partial charge in [-0.1, -0.05) is 18.2 Å². The molecule has 0 unspecified atom stereocenters. The van der Waals surface area contributed by atoms with Crippen LogP contribution in [0.3, 0.4) is 0 Å². The molecule has 0 saturated heterocycles. The van der Waals surface area contributed by atoms with Crippen LogP contribution >= 0.6 is 0 Å². The maximum atomic E-state index is 13.8. The molecular formula is C25H27N3O6S. The minimum absolute atomic E-state index is 0.0717. The predicted octanol–water partition coefficient (Wildman–Crippen LogP) is 4.67. The Kier molecular flexibility index (Phi) is 7.45. The van der Waals surface area contributed by atoms with Gasteiger partial charge in [-0.15, -0.1) is 0 Å². The Hall–Kier alpha value is -3.92. The summed E-state index contributed by atoms with van der Waals surface area (Å²) in [4.78, 5) is 23.6. The number of benzene rings is 3. The van der Waals surface area contributed by atoms with Crippen molar-refractivity contribution in [3.05, 3.63) is 87.0 Å². The van der Waals surface area contributed by atoms with Crippen LogP contribution in [0.2, 0.25) is 0 Å². The number of nitrogens with zero attached hydrogens (tertiary/aromatic N) is 2. The minimum Gasteiger partial charge on any atom is -0.495 e. The number of nitro benzene ring substituents is 1. The second-order valence-corrected chi connectivity index (χ2v) is 10.1. The molecule has 184 valence electrons. The van der Waals surface area contributed by atoms with Gasteiger partial charge < -0.3 is 10.1 Å². The normalized spacial score (nSPS) is 11.1. The van der Waals surface area contributed by atoms with Crippen LogP contribution in [0.15, 0.2) is 59.5 Å². The molecule has 0 spiro atoms. The van der Waals surface area contributed by atoms with Crippen LogP contribution < -0.4 is 14.4 Å². The smallest absolute Gasteiger partial charge is 0.271 e. The number of ether oxygens (including phenoxy) is 1. The van der Waals surface area contributed by atoms with Gasteiger partial charge in [0.2, 0.25) is 5.91 Å². The van der Waals surface area contributed by atoms with Crippen LogP contribution in [-0.4, -0.2) is 32.9 Å². The van der Waals surface area contributed by atoms with Gasteiger partial charge in [0, 0.05) is 12.1 Å². The number of rotatable bonds is 8. The number of sulfonamides is 1. The Balaban J connectivity index is 2.06. The van der Waals surface area contributed by atoms with Gasteiger partial charge in [0.1, 0.15) is 17.2 Å². The van der Waals surface area contributed by atoms with Crippen molar-refractivity contribution < 1.29 is 22.9 Å². The average Bonchev–Trinajstić information content (AvgIpc) is 2.80. The summed E-state index contributed by atoms with van der Waals surface area (Å²) < 4.78 is 34.0. The molecule has 0 saturated carbocycles. The van der Waals surface area contributed by atoms with Crippen molar-refractivity contribution >= 4 is 33.0 Å². The summed E-state index contributed by atoms with van der Waals surface area (Å²) in [5.41, 5.74) is 3.49. The van der Waals surface area contributed by atoms with E-state index in [0.717, 1.165) is 15.4 Å². The number of aryl methyl sites for hydroxylation is 4. The molecule has 3 rings (SSSR count). The van der Waals surface area contributed by atoms with E-state index in [-0.39, 0.29) is 22.0 Å². The molecule has 3 aromatic carbocycles. The van der Waals surface area contributed by atoms with E-state index in [2.05, 4.69) is 5.32 Å². The van der Waals surface area contributed by atoms with Crippen LogP contribution in [0.5, 0.6) is 5.75 Å². The monoisotopic (exact) mass is 497 g/mol. The van der Waals surface area contributed by atoms with Gasteiger partial charge >= 0.3 is 0 Å². The summed E-state index contributed by atoms with van der Waals surface area (Å²) in [6.07, 6.45) is 0. The Labute approximate surface area is 204 Å². The highest BCUT2D eigenvalue weighted by Crippen LogP contribution is 2.32. The van der Waals surface area contributed by atoms with Crippen molar-refractivity contribution in [1.82, 2.24) is 0 Å². The number of hydrogen-bond acceptors (Lipinski definition) is 6. The molecule has 0 aliphatic rings. The fraction of sp³-hybridized carbons (Fsp3) is 0.240. The molecule has 0 aliphatic heterocycles. The molecule has 35 heavy (non-hydrogen) atoms. The highest BCUT2D eigenvalue weighted by molar-refractivity contribution is 7.93. The van der Waals surface area contributed by atoms with E-state index in [0.29, 0.717) is 16.8 Å². The summed E-state index contributed by atoms with van der Waals surface area (Å²) in [7, 11) is -2.85. The van der Waals surface area contributed by atoms with Crippen LogP contribution in [-0.2, 0) is 14.8 Å². The topological polar surface area (TPSA) is 119 Å². The number of hydrogen-bond donors (Lipinski definition) is 1. The minimum atomic E-state index is -4.23. The van der Waals surface area contributed by atoms with E-state index in [1.807, 2.05) is 13.8 Å². The van der Waals surface area contributed by atoms with E-state index >= 15 is 0 Å². The third kappa shape index (κ3) is 5.60. The SMILES string of the molecule is COc1ccc(C)cc1S(=O)(=O)N(CC(=O)Nc1cc([N+](=O)[O-])ccc1C)c1ccc(C)c(C)c1. The second kappa shape index (κ2) is 10.1. The fourth-order valence-electron chi connectivity index (χ4n) is 3.48. The zero-order valence-electron chi connectivity index (χ0n) is 20.2.